The second-order valence-electron chi connectivity index (χ2n) is 4.74. The lowest BCUT2D eigenvalue weighted by Gasteiger charge is -2.18. The maximum atomic E-state index is 11.9. The van der Waals surface area contributed by atoms with Gasteiger partial charge < -0.3 is 15.2 Å². The summed E-state index contributed by atoms with van der Waals surface area (Å²) in [5.41, 5.74) is 0.523. The number of carboxylic acid groups (broad SMARTS) is 1. The Kier molecular flexibility index (Phi) is 6.03. The van der Waals surface area contributed by atoms with E-state index < -0.39 is 12.0 Å². The minimum absolute atomic E-state index is 0.194. The average molecular weight is 279 g/mol. The molecule has 0 radical (unpaired) electrons. The first-order valence-electron chi connectivity index (χ1n) is 6.66. The summed E-state index contributed by atoms with van der Waals surface area (Å²) in [5.74, 6) is -0.869. The largest absolute Gasteiger partial charge is 0.497 e. The van der Waals surface area contributed by atoms with Crippen LogP contribution in [-0.2, 0) is 9.59 Å². The number of carbonyl (C=O) groups is 2. The zero-order chi connectivity index (χ0) is 15.1. The van der Waals surface area contributed by atoms with Crippen LogP contribution < -0.4 is 10.1 Å². The van der Waals surface area contributed by atoms with E-state index in [9.17, 15) is 14.7 Å². The summed E-state index contributed by atoms with van der Waals surface area (Å²) in [5, 5.41) is 11.8. The number of benzene rings is 1. The van der Waals surface area contributed by atoms with E-state index in [0.717, 1.165) is 12.8 Å². The molecule has 1 amide bonds. The van der Waals surface area contributed by atoms with Crippen molar-refractivity contribution in [3.8, 4) is 5.75 Å². The van der Waals surface area contributed by atoms with Crippen molar-refractivity contribution in [2.75, 3.05) is 7.11 Å². The number of nitrogens with one attached hydrogen (secondary N) is 1. The Hall–Kier alpha value is -2.04. The molecule has 0 saturated heterocycles. The number of aliphatic carboxylic acids is 1. The fourth-order valence-electron chi connectivity index (χ4n) is 1.93. The number of hydrogen-bond acceptors (Lipinski definition) is 3. The molecular weight excluding hydrogens is 258 g/mol. The maximum Gasteiger partial charge on any atom is 0.330 e. The molecule has 2 unspecified atom stereocenters. The standard InChI is InChI=1S/C15H21NO4/c1-4-5-10(2)14(17)16-13(15(18)19)11-6-8-12(20-3)9-7-11/h6-10,13H,4-5H2,1-3H3,(H,16,17)(H,18,19). The molecule has 5 heteroatoms. The van der Waals surface area contributed by atoms with Crippen LogP contribution in [0.5, 0.6) is 5.75 Å². The van der Waals surface area contributed by atoms with Gasteiger partial charge in [0, 0.05) is 5.92 Å². The number of ether oxygens (including phenoxy) is 1. The highest BCUT2D eigenvalue weighted by Gasteiger charge is 2.24. The van der Waals surface area contributed by atoms with Gasteiger partial charge in [-0.3, -0.25) is 4.79 Å². The number of carbonyl (C=O) groups excluding carboxylic acids is 1. The van der Waals surface area contributed by atoms with Crippen LogP contribution in [0.3, 0.4) is 0 Å². The van der Waals surface area contributed by atoms with Gasteiger partial charge in [-0.25, -0.2) is 4.79 Å². The van der Waals surface area contributed by atoms with Crippen molar-refractivity contribution in [1.29, 1.82) is 0 Å². The summed E-state index contributed by atoms with van der Waals surface area (Å²) in [4.78, 5) is 23.3. The fourth-order valence-corrected chi connectivity index (χ4v) is 1.93. The van der Waals surface area contributed by atoms with E-state index >= 15 is 0 Å². The second-order valence-corrected chi connectivity index (χ2v) is 4.74. The van der Waals surface area contributed by atoms with E-state index in [1.807, 2.05) is 6.92 Å². The van der Waals surface area contributed by atoms with Gasteiger partial charge >= 0.3 is 5.97 Å². The monoisotopic (exact) mass is 279 g/mol. The van der Waals surface area contributed by atoms with Crippen molar-refractivity contribution in [2.45, 2.75) is 32.7 Å². The topological polar surface area (TPSA) is 75.6 Å². The number of methoxy groups -OCH3 is 1. The summed E-state index contributed by atoms with van der Waals surface area (Å²) in [6.07, 6.45) is 1.62. The van der Waals surface area contributed by atoms with Crippen LogP contribution in [0.1, 0.15) is 38.3 Å². The highest BCUT2D eigenvalue weighted by atomic mass is 16.5. The van der Waals surface area contributed by atoms with Gasteiger partial charge in [-0.05, 0) is 24.1 Å². The highest BCUT2D eigenvalue weighted by molar-refractivity contribution is 5.85. The Morgan fingerprint density at radius 3 is 2.35 bits per heavy atom. The molecule has 0 heterocycles. The smallest absolute Gasteiger partial charge is 0.330 e. The molecule has 5 nitrogen and oxygen atoms in total. The molecule has 0 aromatic heterocycles. The van der Waals surface area contributed by atoms with E-state index in [0.29, 0.717) is 11.3 Å². The molecule has 1 rings (SSSR count). The molecule has 20 heavy (non-hydrogen) atoms. The zero-order valence-electron chi connectivity index (χ0n) is 12.1. The van der Waals surface area contributed by atoms with Crippen molar-refractivity contribution < 1.29 is 19.4 Å². The quantitative estimate of drug-likeness (QED) is 0.803. The SMILES string of the molecule is CCCC(C)C(=O)NC(C(=O)O)c1ccc(OC)cc1. The van der Waals surface area contributed by atoms with Gasteiger partial charge in [-0.1, -0.05) is 32.4 Å². The van der Waals surface area contributed by atoms with Gasteiger partial charge in [-0.2, -0.15) is 0 Å². The van der Waals surface area contributed by atoms with Crippen molar-refractivity contribution in [3.05, 3.63) is 29.8 Å². The molecule has 0 aliphatic carbocycles. The lowest BCUT2D eigenvalue weighted by atomic mass is 10.0. The molecule has 0 saturated carbocycles. The van der Waals surface area contributed by atoms with Gasteiger partial charge in [0.1, 0.15) is 5.75 Å². The Morgan fingerprint density at radius 1 is 1.30 bits per heavy atom. The minimum atomic E-state index is -1.08. The molecule has 1 aromatic rings. The van der Waals surface area contributed by atoms with Gasteiger partial charge in [0.15, 0.2) is 6.04 Å². The third kappa shape index (κ3) is 4.26. The number of rotatable bonds is 7. The first-order valence-corrected chi connectivity index (χ1v) is 6.66. The fraction of sp³-hybridized carbons (Fsp3) is 0.467. The Bertz CT molecular complexity index is 455. The first kappa shape index (κ1) is 16.0. The van der Waals surface area contributed by atoms with E-state index in [2.05, 4.69) is 5.32 Å². The second kappa shape index (κ2) is 7.53. The van der Waals surface area contributed by atoms with Crippen molar-refractivity contribution in [3.63, 3.8) is 0 Å². The molecule has 0 aliphatic heterocycles. The summed E-state index contributed by atoms with van der Waals surface area (Å²) in [6.45, 7) is 3.79. The predicted octanol–water partition coefficient (Wildman–Crippen LogP) is 2.37. The number of amides is 1. The average Bonchev–Trinajstić information content (AvgIpc) is 2.44. The molecule has 1 aromatic carbocycles. The van der Waals surface area contributed by atoms with Crippen LogP contribution in [0.2, 0.25) is 0 Å². The van der Waals surface area contributed by atoms with Crippen LogP contribution in [0.25, 0.3) is 0 Å². The maximum absolute atomic E-state index is 11.9. The minimum Gasteiger partial charge on any atom is -0.497 e. The van der Waals surface area contributed by atoms with Crippen molar-refractivity contribution >= 4 is 11.9 Å². The number of hydrogen-bond donors (Lipinski definition) is 2. The first-order chi connectivity index (χ1) is 9.49. The normalized spacial score (nSPS) is 13.3. The molecule has 0 spiro atoms. The highest BCUT2D eigenvalue weighted by Crippen LogP contribution is 2.19. The molecule has 0 fully saturated rings. The summed E-state index contributed by atoms with van der Waals surface area (Å²) < 4.78 is 5.03. The van der Waals surface area contributed by atoms with E-state index in [-0.39, 0.29) is 11.8 Å². The van der Waals surface area contributed by atoms with Gasteiger partial charge in [0.05, 0.1) is 7.11 Å². The lowest BCUT2D eigenvalue weighted by Crippen LogP contribution is -2.36. The van der Waals surface area contributed by atoms with Crippen LogP contribution in [0, 0.1) is 5.92 Å². The predicted molar refractivity (Wildman–Crippen MR) is 75.6 cm³/mol. The zero-order valence-corrected chi connectivity index (χ0v) is 12.1. The van der Waals surface area contributed by atoms with Gasteiger partial charge in [0.25, 0.3) is 0 Å². The van der Waals surface area contributed by atoms with Crippen LogP contribution in [0.15, 0.2) is 24.3 Å². The number of carboxylic acids is 1. The summed E-state index contributed by atoms with van der Waals surface area (Å²) >= 11 is 0. The Labute approximate surface area is 118 Å². The Morgan fingerprint density at radius 2 is 1.90 bits per heavy atom. The van der Waals surface area contributed by atoms with Crippen molar-refractivity contribution in [1.82, 2.24) is 5.32 Å². The molecule has 110 valence electrons. The van der Waals surface area contributed by atoms with Crippen molar-refractivity contribution in [2.24, 2.45) is 5.92 Å². The van der Waals surface area contributed by atoms with Crippen LogP contribution in [0.4, 0.5) is 0 Å². The van der Waals surface area contributed by atoms with Gasteiger partial charge in [-0.15, -0.1) is 0 Å². The summed E-state index contributed by atoms with van der Waals surface area (Å²) in [7, 11) is 1.54. The lowest BCUT2D eigenvalue weighted by molar-refractivity contribution is -0.142. The van der Waals surface area contributed by atoms with Gasteiger partial charge in [0.2, 0.25) is 5.91 Å². The van der Waals surface area contributed by atoms with E-state index in [4.69, 9.17) is 4.74 Å². The van der Waals surface area contributed by atoms with E-state index in [1.165, 1.54) is 7.11 Å². The molecule has 2 atom stereocenters. The molecule has 0 aliphatic rings. The Balaban J connectivity index is 2.83. The van der Waals surface area contributed by atoms with Crippen LogP contribution >= 0.6 is 0 Å². The molecular formula is C15H21NO4. The van der Waals surface area contributed by atoms with E-state index in [1.54, 1.807) is 31.2 Å². The third-order valence-corrected chi connectivity index (χ3v) is 3.15. The van der Waals surface area contributed by atoms with Crippen LogP contribution in [-0.4, -0.2) is 24.1 Å². The molecule has 0 bridgehead atoms. The molecule has 2 N–H and O–H groups in total. The third-order valence-electron chi connectivity index (χ3n) is 3.15. The summed E-state index contributed by atoms with van der Waals surface area (Å²) in [6, 6.07) is 5.60.